The first-order valence-corrected chi connectivity index (χ1v) is 6.30. The Labute approximate surface area is 110 Å². The van der Waals surface area contributed by atoms with Crippen molar-refractivity contribution in [2.75, 3.05) is 0 Å². The number of carbonyl (C=O) groups excluding carboxylic acids is 1. The Morgan fingerprint density at radius 1 is 1.00 bits per heavy atom. The van der Waals surface area contributed by atoms with Crippen LogP contribution in [0.5, 0.6) is 0 Å². The highest BCUT2D eigenvalue weighted by atomic mass is 32.2. The van der Waals surface area contributed by atoms with Crippen molar-refractivity contribution >= 4 is 16.9 Å². The Hall–Kier alpha value is -2.05. The average molecular weight is 253 g/mol. The maximum absolute atomic E-state index is 11.0. The summed E-state index contributed by atoms with van der Waals surface area (Å²) in [4.78, 5) is 11.9. The molecule has 2 nitrogen and oxygen atoms in total. The van der Waals surface area contributed by atoms with Crippen molar-refractivity contribution in [3.63, 3.8) is 0 Å². The molecule has 0 radical (unpaired) electrons. The Bertz CT molecular complexity index is 594. The second-order valence-corrected chi connectivity index (χ2v) is 5.06. The van der Waals surface area contributed by atoms with Crippen LogP contribution in [0.25, 0.3) is 11.1 Å². The van der Waals surface area contributed by atoms with Crippen molar-refractivity contribution in [2.24, 2.45) is 0 Å². The first-order valence-electron chi connectivity index (χ1n) is 5.48. The van der Waals surface area contributed by atoms with Gasteiger partial charge in [-0.25, -0.2) is 0 Å². The zero-order chi connectivity index (χ0) is 13.0. The lowest BCUT2D eigenvalue weighted by Crippen LogP contribution is -1.82. The number of thioether (sulfide) groups is 1. The second-order valence-electron chi connectivity index (χ2n) is 3.81. The molecule has 2 aromatic rings. The van der Waals surface area contributed by atoms with Crippen LogP contribution in [0.1, 0.15) is 12.5 Å². The average Bonchev–Trinajstić information content (AvgIpc) is 2.39. The standard InChI is InChI=1S/C15H11NOS/c1-11(17)18-15-8-6-14(7-9-15)13-4-2-12(10-16)3-5-13/h2-9H,1H3. The van der Waals surface area contributed by atoms with E-state index in [2.05, 4.69) is 6.07 Å². The van der Waals surface area contributed by atoms with Crippen molar-refractivity contribution in [1.82, 2.24) is 0 Å². The van der Waals surface area contributed by atoms with Crippen LogP contribution in [0.4, 0.5) is 0 Å². The third-order valence-corrected chi connectivity index (χ3v) is 3.26. The van der Waals surface area contributed by atoms with Crippen molar-refractivity contribution in [3.8, 4) is 17.2 Å². The van der Waals surface area contributed by atoms with E-state index in [9.17, 15) is 4.79 Å². The van der Waals surface area contributed by atoms with E-state index >= 15 is 0 Å². The fourth-order valence-corrected chi connectivity index (χ4v) is 2.22. The number of rotatable bonds is 2. The highest BCUT2D eigenvalue weighted by molar-refractivity contribution is 8.13. The molecular weight excluding hydrogens is 242 g/mol. The van der Waals surface area contributed by atoms with Gasteiger partial charge in [0.15, 0.2) is 5.12 Å². The molecule has 0 amide bonds. The molecule has 0 aliphatic rings. The molecule has 0 aromatic heterocycles. The zero-order valence-corrected chi connectivity index (χ0v) is 10.7. The lowest BCUT2D eigenvalue weighted by Gasteiger charge is -2.03. The van der Waals surface area contributed by atoms with Gasteiger partial charge < -0.3 is 0 Å². The Balaban J connectivity index is 2.23. The van der Waals surface area contributed by atoms with E-state index in [1.807, 2.05) is 36.4 Å². The monoisotopic (exact) mass is 253 g/mol. The maximum Gasteiger partial charge on any atom is 0.190 e. The summed E-state index contributed by atoms with van der Waals surface area (Å²) in [7, 11) is 0. The Kier molecular flexibility index (Phi) is 3.81. The molecule has 18 heavy (non-hydrogen) atoms. The topological polar surface area (TPSA) is 40.9 Å². The third-order valence-electron chi connectivity index (χ3n) is 2.46. The Morgan fingerprint density at radius 3 is 1.94 bits per heavy atom. The van der Waals surface area contributed by atoms with Gasteiger partial charge in [0.25, 0.3) is 0 Å². The minimum absolute atomic E-state index is 0.0844. The van der Waals surface area contributed by atoms with E-state index in [1.165, 1.54) is 11.8 Å². The van der Waals surface area contributed by atoms with Gasteiger partial charge in [-0.3, -0.25) is 4.79 Å². The smallest absolute Gasteiger partial charge is 0.190 e. The number of carbonyl (C=O) groups is 1. The van der Waals surface area contributed by atoms with Crippen LogP contribution < -0.4 is 0 Å². The SMILES string of the molecule is CC(=O)Sc1ccc(-c2ccc(C#N)cc2)cc1. The van der Waals surface area contributed by atoms with Gasteiger partial charge in [0.05, 0.1) is 11.6 Å². The second kappa shape index (κ2) is 5.52. The molecule has 0 N–H and O–H groups in total. The summed E-state index contributed by atoms with van der Waals surface area (Å²) in [5.74, 6) is 0. The fourth-order valence-electron chi connectivity index (χ4n) is 1.62. The number of benzene rings is 2. The summed E-state index contributed by atoms with van der Waals surface area (Å²) in [5.41, 5.74) is 2.79. The predicted molar refractivity (Wildman–Crippen MR) is 73.1 cm³/mol. The largest absolute Gasteiger partial charge is 0.287 e. The quantitative estimate of drug-likeness (QED) is 0.763. The van der Waals surface area contributed by atoms with Gasteiger partial charge in [0, 0.05) is 11.8 Å². The molecule has 0 aliphatic carbocycles. The molecule has 0 saturated heterocycles. The molecule has 2 rings (SSSR count). The molecule has 0 bridgehead atoms. The number of hydrogen-bond donors (Lipinski definition) is 0. The molecule has 0 spiro atoms. The molecule has 2 aromatic carbocycles. The van der Waals surface area contributed by atoms with Crippen molar-refractivity contribution in [1.29, 1.82) is 5.26 Å². The number of hydrogen-bond acceptors (Lipinski definition) is 3. The first kappa shape index (κ1) is 12.4. The van der Waals surface area contributed by atoms with E-state index in [0.29, 0.717) is 5.56 Å². The molecule has 0 unspecified atom stereocenters. The minimum Gasteiger partial charge on any atom is -0.287 e. The van der Waals surface area contributed by atoms with Gasteiger partial charge in [-0.1, -0.05) is 36.0 Å². The van der Waals surface area contributed by atoms with Crippen molar-refractivity contribution in [2.45, 2.75) is 11.8 Å². The van der Waals surface area contributed by atoms with Gasteiger partial charge in [-0.15, -0.1) is 0 Å². The van der Waals surface area contributed by atoms with Gasteiger partial charge in [0.2, 0.25) is 0 Å². The van der Waals surface area contributed by atoms with Gasteiger partial charge >= 0.3 is 0 Å². The van der Waals surface area contributed by atoms with Crippen LogP contribution in [0.3, 0.4) is 0 Å². The van der Waals surface area contributed by atoms with Gasteiger partial charge in [0.1, 0.15) is 0 Å². The van der Waals surface area contributed by atoms with E-state index in [-0.39, 0.29) is 5.12 Å². The number of nitrogens with zero attached hydrogens (tertiary/aromatic N) is 1. The van der Waals surface area contributed by atoms with Crippen LogP contribution in [-0.2, 0) is 4.79 Å². The molecule has 0 aliphatic heterocycles. The van der Waals surface area contributed by atoms with Crippen LogP contribution in [0, 0.1) is 11.3 Å². The minimum atomic E-state index is 0.0844. The molecule has 3 heteroatoms. The van der Waals surface area contributed by atoms with Crippen LogP contribution in [-0.4, -0.2) is 5.12 Å². The summed E-state index contributed by atoms with van der Waals surface area (Å²) >= 11 is 1.23. The summed E-state index contributed by atoms with van der Waals surface area (Å²) in [5, 5.41) is 8.82. The fraction of sp³-hybridized carbons (Fsp3) is 0.0667. The summed E-state index contributed by atoms with van der Waals surface area (Å²) < 4.78 is 0. The van der Waals surface area contributed by atoms with Crippen LogP contribution in [0.15, 0.2) is 53.4 Å². The molecular formula is C15H11NOS. The van der Waals surface area contributed by atoms with Crippen LogP contribution in [0.2, 0.25) is 0 Å². The highest BCUT2D eigenvalue weighted by Crippen LogP contribution is 2.24. The lowest BCUT2D eigenvalue weighted by atomic mass is 10.0. The van der Waals surface area contributed by atoms with E-state index < -0.39 is 0 Å². The van der Waals surface area contributed by atoms with Crippen molar-refractivity contribution in [3.05, 3.63) is 54.1 Å². The number of nitriles is 1. The molecule has 0 saturated carbocycles. The zero-order valence-electron chi connectivity index (χ0n) is 9.88. The third kappa shape index (κ3) is 2.99. The lowest BCUT2D eigenvalue weighted by molar-refractivity contribution is -0.109. The van der Waals surface area contributed by atoms with Crippen LogP contribution >= 0.6 is 11.8 Å². The Morgan fingerprint density at radius 2 is 1.50 bits per heavy atom. The summed E-state index contributed by atoms with van der Waals surface area (Å²) in [6.07, 6.45) is 0. The summed E-state index contributed by atoms with van der Waals surface area (Å²) in [6.45, 7) is 1.55. The maximum atomic E-state index is 11.0. The van der Waals surface area contributed by atoms with Gasteiger partial charge in [-0.2, -0.15) is 5.26 Å². The van der Waals surface area contributed by atoms with E-state index in [0.717, 1.165) is 16.0 Å². The van der Waals surface area contributed by atoms with E-state index in [1.54, 1.807) is 19.1 Å². The molecule has 0 fully saturated rings. The van der Waals surface area contributed by atoms with Crippen molar-refractivity contribution < 1.29 is 4.79 Å². The van der Waals surface area contributed by atoms with Gasteiger partial charge in [-0.05, 0) is 35.4 Å². The molecule has 88 valence electrons. The highest BCUT2D eigenvalue weighted by Gasteiger charge is 2.01. The first-order chi connectivity index (χ1) is 8.69. The summed E-state index contributed by atoms with van der Waals surface area (Å²) in [6, 6.07) is 17.4. The normalized spacial score (nSPS) is 9.78. The van der Waals surface area contributed by atoms with E-state index in [4.69, 9.17) is 5.26 Å². The molecule has 0 heterocycles. The molecule has 0 atom stereocenters. The predicted octanol–water partition coefficient (Wildman–Crippen LogP) is 3.86.